The molecule has 230 valence electrons. The van der Waals surface area contributed by atoms with Crippen LogP contribution in [0, 0.1) is 0 Å². The van der Waals surface area contributed by atoms with Crippen LogP contribution in [-0.2, 0) is 49.0 Å². The van der Waals surface area contributed by atoms with E-state index >= 15 is 0 Å². The van der Waals surface area contributed by atoms with E-state index in [-0.39, 0.29) is 26.3 Å². The Balaban J connectivity index is 0.982. The van der Waals surface area contributed by atoms with Gasteiger partial charge in [-0.15, -0.1) is 10.2 Å². The van der Waals surface area contributed by atoms with E-state index in [9.17, 15) is 10.2 Å². The molecule has 0 aliphatic rings. The van der Waals surface area contributed by atoms with Crippen molar-refractivity contribution in [1.82, 2.24) is 30.0 Å². The van der Waals surface area contributed by atoms with Crippen LogP contribution in [-0.4, -0.2) is 65.6 Å². The zero-order valence-electron chi connectivity index (χ0n) is 24.3. The van der Waals surface area contributed by atoms with Crippen molar-refractivity contribution in [3.05, 3.63) is 120 Å². The van der Waals surface area contributed by atoms with Crippen molar-refractivity contribution in [1.29, 1.82) is 0 Å². The Hall–Kier alpha value is -4.62. The molecule has 2 heterocycles. The molecule has 44 heavy (non-hydrogen) atoms. The second-order valence-corrected chi connectivity index (χ2v) is 10.2. The zero-order valence-corrected chi connectivity index (χ0v) is 24.3. The predicted molar refractivity (Wildman–Crippen MR) is 159 cm³/mol. The van der Waals surface area contributed by atoms with Crippen molar-refractivity contribution in [2.24, 2.45) is 0 Å². The molecule has 3 aromatic carbocycles. The highest BCUT2D eigenvalue weighted by Gasteiger charge is 2.12. The number of hydrogen-bond donors (Lipinski definition) is 2. The van der Waals surface area contributed by atoms with E-state index in [1.54, 1.807) is 46.0 Å². The molecule has 5 aromatic rings. The number of aromatic nitrogens is 6. The van der Waals surface area contributed by atoms with E-state index < -0.39 is 12.2 Å². The van der Waals surface area contributed by atoms with Crippen LogP contribution >= 0.6 is 0 Å². The summed E-state index contributed by atoms with van der Waals surface area (Å²) in [6.07, 6.45) is 1.87. The van der Waals surface area contributed by atoms with E-state index in [0.29, 0.717) is 49.3 Å². The molecule has 2 N–H and O–H groups in total. The third kappa shape index (κ3) is 10.3. The van der Waals surface area contributed by atoms with Crippen molar-refractivity contribution in [2.45, 2.75) is 51.7 Å². The summed E-state index contributed by atoms with van der Waals surface area (Å²) in [6, 6.07) is 26.8. The average molecular weight is 601 g/mol. The van der Waals surface area contributed by atoms with Crippen LogP contribution in [0.2, 0.25) is 0 Å². The van der Waals surface area contributed by atoms with Crippen molar-refractivity contribution in [2.75, 3.05) is 13.2 Å². The highest BCUT2D eigenvalue weighted by Crippen LogP contribution is 2.20. The minimum absolute atomic E-state index is 0.0511. The Labute approximate surface area is 255 Å². The topological polar surface area (TPSA) is 139 Å². The van der Waals surface area contributed by atoms with Gasteiger partial charge >= 0.3 is 0 Å². The van der Waals surface area contributed by atoms with Crippen molar-refractivity contribution in [3.63, 3.8) is 0 Å². The van der Waals surface area contributed by atoms with Gasteiger partial charge in [0.05, 0.1) is 51.9 Å². The van der Waals surface area contributed by atoms with Gasteiger partial charge in [0, 0.05) is 6.07 Å². The lowest BCUT2D eigenvalue weighted by molar-refractivity contribution is 0.0854. The van der Waals surface area contributed by atoms with Crippen LogP contribution < -0.4 is 9.47 Å². The summed E-state index contributed by atoms with van der Waals surface area (Å²) in [5.74, 6) is 1.06. The molecule has 0 aliphatic carbocycles. The first-order valence-electron chi connectivity index (χ1n) is 14.3. The SMILES string of the molecule is OC(COc1cccc(OCC(O)Cn2cc(COCc3ccccc3)nn2)c1)Cn1cc(COCc2ccccc2)nn1. The third-order valence-corrected chi connectivity index (χ3v) is 6.38. The maximum absolute atomic E-state index is 10.5. The van der Waals surface area contributed by atoms with Gasteiger partial charge in [-0.3, -0.25) is 0 Å². The molecular weight excluding hydrogens is 564 g/mol. The highest BCUT2D eigenvalue weighted by molar-refractivity contribution is 5.33. The molecule has 0 spiro atoms. The molecule has 2 aromatic heterocycles. The van der Waals surface area contributed by atoms with Gasteiger partial charge in [-0.2, -0.15) is 0 Å². The van der Waals surface area contributed by atoms with Crippen molar-refractivity contribution < 1.29 is 29.2 Å². The molecule has 2 unspecified atom stereocenters. The Morgan fingerprint density at radius 2 is 1.02 bits per heavy atom. The number of nitrogens with zero attached hydrogens (tertiary/aromatic N) is 6. The summed E-state index contributed by atoms with van der Waals surface area (Å²) in [4.78, 5) is 0. The summed E-state index contributed by atoms with van der Waals surface area (Å²) in [5, 5.41) is 37.2. The van der Waals surface area contributed by atoms with E-state index in [1.165, 1.54) is 0 Å². The Morgan fingerprint density at radius 1 is 0.568 bits per heavy atom. The van der Waals surface area contributed by atoms with Gasteiger partial charge in [0.25, 0.3) is 0 Å². The van der Waals surface area contributed by atoms with Crippen molar-refractivity contribution >= 4 is 0 Å². The van der Waals surface area contributed by atoms with Crippen LogP contribution in [0.3, 0.4) is 0 Å². The second-order valence-electron chi connectivity index (χ2n) is 10.2. The fraction of sp³-hybridized carbons (Fsp3) is 0.312. The standard InChI is InChI=1S/C32H36N6O6/c39-29(17-37-15-27(33-35-37)21-41-19-25-8-3-1-4-9-25)23-43-31-12-7-13-32(14-31)44-24-30(40)18-38-16-28(34-36-38)22-42-20-26-10-5-2-6-11-26/h1-16,29-30,39-40H,17-24H2. The largest absolute Gasteiger partial charge is 0.491 e. The quantitative estimate of drug-likeness (QED) is 0.154. The average Bonchev–Trinajstić information content (AvgIpc) is 3.69. The first-order valence-corrected chi connectivity index (χ1v) is 14.3. The first-order chi connectivity index (χ1) is 21.6. The maximum atomic E-state index is 10.5. The number of ether oxygens (including phenoxy) is 4. The lowest BCUT2D eigenvalue weighted by Crippen LogP contribution is -2.24. The Kier molecular flexibility index (Phi) is 11.4. The second kappa shape index (κ2) is 16.3. The number of aliphatic hydroxyl groups is 2. The molecule has 5 rings (SSSR count). The number of hydrogen-bond acceptors (Lipinski definition) is 10. The van der Waals surface area contributed by atoms with Gasteiger partial charge in [-0.25, -0.2) is 9.36 Å². The molecule has 0 saturated heterocycles. The van der Waals surface area contributed by atoms with Crippen molar-refractivity contribution in [3.8, 4) is 11.5 Å². The van der Waals surface area contributed by atoms with Crippen LogP contribution in [0.5, 0.6) is 11.5 Å². The molecule has 0 saturated carbocycles. The van der Waals surface area contributed by atoms with Crippen LogP contribution in [0.25, 0.3) is 0 Å². The van der Waals surface area contributed by atoms with Gasteiger partial charge in [-0.1, -0.05) is 77.2 Å². The molecular formula is C32H36N6O6. The Bertz CT molecular complexity index is 1420. The lowest BCUT2D eigenvalue weighted by atomic mass is 10.2. The summed E-state index contributed by atoms with van der Waals surface area (Å²) in [5.41, 5.74) is 3.52. The maximum Gasteiger partial charge on any atom is 0.123 e. The molecule has 0 amide bonds. The van der Waals surface area contributed by atoms with Crippen LogP contribution in [0.4, 0.5) is 0 Å². The molecule has 0 fully saturated rings. The third-order valence-electron chi connectivity index (χ3n) is 6.38. The van der Waals surface area contributed by atoms with E-state index in [0.717, 1.165) is 11.1 Å². The predicted octanol–water partition coefficient (Wildman–Crippen LogP) is 3.18. The smallest absolute Gasteiger partial charge is 0.123 e. The lowest BCUT2D eigenvalue weighted by Gasteiger charge is -2.14. The fourth-order valence-corrected chi connectivity index (χ4v) is 4.26. The minimum Gasteiger partial charge on any atom is -0.491 e. The van der Waals surface area contributed by atoms with Gasteiger partial charge in [0.2, 0.25) is 0 Å². The van der Waals surface area contributed by atoms with Gasteiger partial charge in [-0.05, 0) is 23.3 Å². The monoisotopic (exact) mass is 600 g/mol. The molecule has 0 aliphatic heterocycles. The summed E-state index contributed by atoms with van der Waals surface area (Å²) >= 11 is 0. The number of benzene rings is 3. The van der Waals surface area contributed by atoms with Gasteiger partial charge in [0.15, 0.2) is 0 Å². The zero-order chi connectivity index (χ0) is 30.4. The number of aliphatic hydroxyl groups excluding tert-OH is 2. The summed E-state index contributed by atoms with van der Waals surface area (Å²) < 4.78 is 26.0. The van der Waals surface area contributed by atoms with Gasteiger partial charge < -0.3 is 29.2 Å². The molecule has 0 radical (unpaired) electrons. The molecule has 2 atom stereocenters. The highest BCUT2D eigenvalue weighted by atomic mass is 16.5. The van der Waals surface area contributed by atoms with Crippen LogP contribution in [0.1, 0.15) is 22.5 Å². The summed E-state index contributed by atoms with van der Waals surface area (Å²) in [7, 11) is 0. The van der Waals surface area contributed by atoms with E-state index in [1.807, 2.05) is 60.7 Å². The molecule has 12 nitrogen and oxygen atoms in total. The summed E-state index contributed by atoms with van der Waals surface area (Å²) in [6.45, 7) is 2.17. The Morgan fingerprint density at radius 3 is 1.48 bits per heavy atom. The minimum atomic E-state index is -0.808. The van der Waals surface area contributed by atoms with Crippen LogP contribution in [0.15, 0.2) is 97.3 Å². The fourth-order valence-electron chi connectivity index (χ4n) is 4.26. The van der Waals surface area contributed by atoms with E-state index in [2.05, 4.69) is 20.6 Å². The number of rotatable bonds is 18. The molecule has 0 bridgehead atoms. The first kappa shape index (κ1) is 30.8. The van der Waals surface area contributed by atoms with E-state index in [4.69, 9.17) is 18.9 Å². The van der Waals surface area contributed by atoms with Gasteiger partial charge in [0.1, 0.15) is 48.3 Å². The molecule has 12 heteroatoms. The normalized spacial score (nSPS) is 12.6.